The number of ether oxygens (including phenoxy) is 2. The highest BCUT2D eigenvalue weighted by atomic mass is 79.9. The molecule has 0 saturated carbocycles. The molecule has 0 aliphatic heterocycles. The Bertz CT molecular complexity index is 705. The van der Waals surface area contributed by atoms with Crippen LogP contribution in [0.2, 0.25) is 0 Å². The minimum absolute atomic E-state index is 0.159. The van der Waals surface area contributed by atoms with Crippen LogP contribution in [0.15, 0.2) is 46.9 Å². The van der Waals surface area contributed by atoms with E-state index in [4.69, 9.17) is 9.47 Å². The molecule has 0 bridgehead atoms. The van der Waals surface area contributed by atoms with Crippen molar-refractivity contribution < 1.29 is 19.4 Å². The monoisotopic (exact) mass is 393 g/mol. The van der Waals surface area contributed by atoms with Gasteiger partial charge in [0.2, 0.25) is 5.91 Å². The van der Waals surface area contributed by atoms with E-state index >= 15 is 0 Å². The highest BCUT2D eigenvalue weighted by Gasteiger charge is 2.16. The summed E-state index contributed by atoms with van der Waals surface area (Å²) in [4.78, 5) is 12.1. The third-order valence-corrected chi connectivity index (χ3v) is 4.28. The second kappa shape index (κ2) is 8.70. The molecule has 6 heteroatoms. The van der Waals surface area contributed by atoms with Crippen molar-refractivity contribution in [3.63, 3.8) is 0 Å². The molecule has 2 aromatic rings. The molecule has 0 fully saturated rings. The maximum atomic E-state index is 12.1. The topological polar surface area (TPSA) is 67.8 Å². The number of aliphatic hydroxyl groups excluding tert-OH is 1. The van der Waals surface area contributed by atoms with Gasteiger partial charge in [-0.05, 0) is 46.6 Å². The standard InChI is InChI=1S/C18H20BrNO4/c1-23-12-7-8-13(17(11-12)24-2)16(21)9-10-18(22)20-15-6-4-3-5-14(15)19/h3-8,11,16,21H,9-10H2,1-2H3,(H,20,22). The molecule has 1 amide bonds. The van der Waals surface area contributed by atoms with Gasteiger partial charge in [-0.25, -0.2) is 0 Å². The minimum atomic E-state index is -0.796. The van der Waals surface area contributed by atoms with Gasteiger partial charge in [-0.1, -0.05) is 12.1 Å². The molecule has 0 aliphatic carbocycles. The fourth-order valence-corrected chi connectivity index (χ4v) is 2.68. The van der Waals surface area contributed by atoms with Crippen molar-refractivity contribution in [1.29, 1.82) is 0 Å². The summed E-state index contributed by atoms with van der Waals surface area (Å²) in [6.45, 7) is 0. The molecule has 24 heavy (non-hydrogen) atoms. The Morgan fingerprint density at radius 2 is 1.96 bits per heavy atom. The van der Waals surface area contributed by atoms with E-state index in [0.29, 0.717) is 29.2 Å². The lowest BCUT2D eigenvalue weighted by molar-refractivity contribution is -0.116. The highest BCUT2D eigenvalue weighted by molar-refractivity contribution is 9.10. The fraction of sp³-hybridized carbons (Fsp3) is 0.278. The third kappa shape index (κ3) is 4.72. The molecule has 1 unspecified atom stereocenters. The largest absolute Gasteiger partial charge is 0.497 e. The van der Waals surface area contributed by atoms with Gasteiger partial charge in [0.05, 0.1) is 26.0 Å². The van der Waals surface area contributed by atoms with Crippen LogP contribution in [0.3, 0.4) is 0 Å². The second-order valence-corrected chi connectivity index (χ2v) is 6.04. The number of halogens is 1. The van der Waals surface area contributed by atoms with E-state index in [1.807, 2.05) is 24.3 Å². The minimum Gasteiger partial charge on any atom is -0.497 e. The first-order valence-electron chi connectivity index (χ1n) is 7.49. The molecule has 2 aromatic carbocycles. The van der Waals surface area contributed by atoms with Crippen molar-refractivity contribution in [2.45, 2.75) is 18.9 Å². The number of hydrogen-bond acceptors (Lipinski definition) is 4. The lowest BCUT2D eigenvalue weighted by atomic mass is 10.0. The number of benzene rings is 2. The van der Waals surface area contributed by atoms with Gasteiger partial charge in [0.25, 0.3) is 0 Å². The number of nitrogens with one attached hydrogen (secondary N) is 1. The van der Waals surface area contributed by atoms with Crippen LogP contribution in [-0.4, -0.2) is 25.2 Å². The number of methoxy groups -OCH3 is 2. The number of carbonyl (C=O) groups is 1. The van der Waals surface area contributed by atoms with E-state index < -0.39 is 6.10 Å². The molecule has 0 aromatic heterocycles. The van der Waals surface area contributed by atoms with Crippen molar-refractivity contribution in [1.82, 2.24) is 0 Å². The van der Waals surface area contributed by atoms with Gasteiger partial charge in [-0.3, -0.25) is 4.79 Å². The van der Waals surface area contributed by atoms with Crippen LogP contribution in [0.1, 0.15) is 24.5 Å². The molecule has 128 valence electrons. The highest BCUT2D eigenvalue weighted by Crippen LogP contribution is 2.31. The van der Waals surface area contributed by atoms with Crippen molar-refractivity contribution in [2.75, 3.05) is 19.5 Å². The Morgan fingerprint density at radius 3 is 2.62 bits per heavy atom. The molecule has 0 radical (unpaired) electrons. The Hall–Kier alpha value is -2.05. The molecule has 0 heterocycles. The number of anilines is 1. The van der Waals surface area contributed by atoms with Crippen LogP contribution in [0, 0.1) is 0 Å². The molecule has 0 aliphatic rings. The SMILES string of the molecule is COc1ccc(C(O)CCC(=O)Nc2ccccc2Br)c(OC)c1. The number of aliphatic hydroxyl groups is 1. The quantitative estimate of drug-likeness (QED) is 0.747. The summed E-state index contributed by atoms with van der Waals surface area (Å²) in [5, 5.41) is 13.2. The van der Waals surface area contributed by atoms with Gasteiger partial charge in [0.15, 0.2) is 0 Å². The normalized spacial score (nSPS) is 11.7. The number of carbonyl (C=O) groups excluding carboxylic acids is 1. The average molecular weight is 394 g/mol. The Balaban J connectivity index is 1.96. The van der Waals surface area contributed by atoms with Crippen LogP contribution in [0.4, 0.5) is 5.69 Å². The van der Waals surface area contributed by atoms with Gasteiger partial charge in [-0.15, -0.1) is 0 Å². The Morgan fingerprint density at radius 1 is 1.21 bits per heavy atom. The van der Waals surface area contributed by atoms with Crippen LogP contribution in [-0.2, 0) is 4.79 Å². The molecule has 2 rings (SSSR count). The lowest BCUT2D eigenvalue weighted by Crippen LogP contribution is -2.13. The molecule has 5 nitrogen and oxygen atoms in total. The Kier molecular flexibility index (Phi) is 6.63. The zero-order valence-corrected chi connectivity index (χ0v) is 15.2. The summed E-state index contributed by atoms with van der Waals surface area (Å²) in [6, 6.07) is 12.6. The van der Waals surface area contributed by atoms with Gasteiger partial charge in [0, 0.05) is 22.5 Å². The maximum Gasteiger partial charge on any atom is 0.224 e. The third-order valence-electron chi connectivity index (χ3n) is 3.59. The zero-order valence-electron chi connectivity index (χ0n) is 13.6. The summed E-state index contributed by atoms with van der Waals surface area (Å²) in [5.74, 6) is 1.02. The summed E-state index contributed by atoms with van der Waals surface area (Å²) in [7, 11) is 3.10. The molecule has 0 saturated heterocycles. The average Bonchev–Trinajstić information content (AvgIpc) is 2.61. The predicted octanol–water partition coefficient (Wildman–Crippen LogP) is 3.92. The van der Waals surface area contributed by atoms with E-state index in [1.165, 1.54) is 7.11 Å². The molecule has 2 N–H and O–H groups in total. The van der Waals surface area contributed by atoms with E-state index in [0.717, 1.165) is 4.47 Å². The molecular weight excluding hydrogens is 374 g/mol. The zero-order chi connectivity index (χ0) is 17.5. The maximum absolute atomic E-state index is 12.1. The predicted molar refractivity (Wildman–Crippen MR) is 96.5 cm³/mol. The Labute approximate surface area is 149 Å². The van der Waals surface area contributed by atoms with Gasteiger partial charge < -0.3 is 19.9 Å². The first kappa shape index (κ1) is 18.3. The lowest BCUT2D eigenvalue weighted by Gasteiger charge is -2.16. The second-order valence-electron chi connectivity index (χ2n) is 5.19. The van der Waals surface area contributed by atoms with Crippen molar-refractivity contribution >= 4 is 27.5 Å². The smallest absolute Gasteiger partial charge is 0.224 e. The van der Waals surface area contributed by atoms with Gasteiger partial charge in [0.1, 0.15) is 11.5 Å². The van der Waals surface area contributed by atoms with Crippen molar-refractivity contribution in [2.24, 2.45) is 0 Å². The molecule has 0 spiro atoms. The van der Waals surface area contributed by atoms with Crippen LogP contribution >= 0.6 is 15.9 Å². The van der Waals surface area contributed by atoms with Gasteiger partial charge >= 0.3 is 0 Å². The van der Waals surface area contributed by atoms with Crippen LogP contribution in [0.5, 0.6) is 11.5 Å². The van der Waals surface area contributed by atoms with E-state index in [1.54, 1.807) is 25.3 Å². The summed E-state index contributed by atoms with van der Waals surface area (Å²) >= 11 is 3.38. The van der Waals surface area contributed by atoms with E-state index in [9.17, 15) is 9.90 Å². The van der Waals surface area contributed by atoms with Crippen molar-refractivity contribution in [3.8, 4) is 11.5 Å². The van der Waals surface area contributed by atoms with Gasteiger partial charge in [-0.2, -0.15) is 0 Å². The number of rotatable bonds is 7. The number of hydrogen-bond donors (Lipinski definition) is 2. The molecule has 1 atom stereocenters. The summed E-state index contributed by atoms with van der Waals surface area (Å²) in [6.07, 6.45) is -0.313. The summed E-state index contributed by atoms with van der Waals surface area (Å²) < 4.78 is 11.2. The summed E-state index contributed by atoms with van der Waals surface area (Å²) in [5.41, 5.74) is 1.34. The first-order valence-corrected chi connectivity index (χ1v) is 8.28. The van der Waals surface area contributed by atoms with Crippen LogP contribution < -0.4 is 14.8 Å². The number of para-hydroxylation sites is 1. The first-order chi connectivity index (χ1) is 11.5. The molecular formula is C18H20BrNO4. The van der Waals surface area contributed by atoms with Crippen molar-refractivity contribution in [3.05, 3.63) is 52.5 Å². The van der Waals surface area contributed by atoms with E-state index in [-0.39, 0.29) is 12.3 Å². The number of amides is 1. The van der Waals surface area contributed by atoms with Crippen LogP contribution in [0.25, 0.3) is 0 Å². The fourth-order valence-electron chi connectivity index (χ4n) is 2.29. The van der Waals surface area contributed by atoms with E-state index in [2.05, 4.69) is 21.2 Å².